The van der Waals surface area contributed by atoms with Crippen LogP contribution in [-0.4, -0.2) is 32.3 Å². The molecule has 0 aliphatic heterocycles. The van der Waals surface area contributed by atoms with E-state index in [0.717, 1.165) is 5.82 Å². The van der Waals surface area contributed by atoms with Gasteiger partial charge < -0.3 is 10.6 Å². The van der Waals surface area contributed by atoms with E-state index in [1.807, 2.05) is 0 Å². The second-order valence-corrected chi connectivity index (χ2v) is 4.16. The van der Waals surface area contributed by atoms with Crippen LogP contribution < -0.4 is 10.6 Å². The normalized spacial score (nSPS) is 14.2. The molecule has 1 fully saturated rings. The van der Waals surface area contributed by atoms with Gasteiger partial charge in [0.2, 0.25) is 0 Å². The van der Waals surface area contributed by atoms with E-state index in [2.05, 4.69) is 31.0 Å². The molecule has 7 nitrogen and oxygen atoms in total. The van der Waals surface area contributed by atoms with Crippen molar-refractivity contribution in [2.24, 2.45) is 0 Å². The summed E-state index contributed by atoms with van der Waals surface area (Å²) in [4.78, 5) is 16.0. The highest BCUT2D eigenvalue weighted by molar-refractivity contribution is 6.03. The van der Waals surface area contributed by atoms with E-state index in [4.69, 9.17) is 0 Å². The minimum Gasteiger partial charge on any atom is -0.367 e. The lowest BCUT2D eigenvalue weighted by atomic mass is 10.2. The van der Waals surface area contributed by atoms with Crippen molar-refractivity contribution in [3.8, 4) is 0 Å². The van der Waals surface area contributed by atoms with Gasteiger partial charge >= 0.3 is 0 Å². The molecule has 18 heavy (non-hydrogen) atoms. The monoisotopic (exact) mass is 244 g/mol. The van der Waals surface area contributed by atoms with E-state index in [1.165, 1.54) is 19.0 Å². The van der Waals surface area contributed by atoms with Crippen LogP contribution in [0.15, 0.2) is 24.5 Å². The molecule has 1 aliphatic carbocycles. The number of nitrogens with zero attached hydrogens (tertiary/aromatic N) is 3. The third-order valence-corrected chi connectivity index (χ3v) is 2.61. The summed E-state index contributed by atoms with van der Waals surface area (Å²) in [5.41, 5.74) is 0.486. The maximum Gasteiger partial charge on any atom is 0.258 e. The van der Waals surface area contributed by atoms with Gasteiger partial charge in [-0.2, -0.15) is 10.3 Å². The number of aromatic amines is 1. The fourth-order valence-electron chi connectivity index (χ4n) is 1.50. The van der Waals surface area contributed by atoms with Crippen molar-refractivity contribution in [2.45, 2.75) is 18.9 Å². The van der Waals surface area contributed by atoms with E-state index in [9.17, 15) is 4.79 Å². The SMILES string of the molecule is O=C(Nc1cn[nH]n1)c1ccc(NC2CC2)nc1. The van der Waals surface area contributed by atoms with Crippen LogP contribution in [0.1, 0.15) is 23.2 Å². The molecule has 0 aromatic carbocycles. The zero-order valence-electron chi connectivity index (χ0n) is 9.55. The summed E-state index contributed by atoms with van der Waals surface area (Å²) in [7, 11) is 0. The predicted octanol–water partition coefficient (Wildman–Crippen LogP) is 1.03. The number of hydrogen-bond donors (Lipinski definition) is 3. The second kappa shape index (κ2) is 4.44. The van der Waals surface area contributed by atoms with E-state index in [-0.39, 0.29) is 5.91 Å². The molecule has 2 aromatic heterocycles. The molecule has 92 valence electrons. The van der Waals surface area contributed by atoms with Gasteiger partial charge in [0.25, 0.3) is 5.91 Å². The van der Waals surface area contributed by atoms with Crippen LogP contribution in [0.4, 0.5) is 11.6 Å². The van der Waals surface area contributed by atoms with Crippen molar-refractivity contribution in [3.05, 3.63) is 30.1 Å². The number of rotatable bonds is 4. The third-order valence-electron chi connectivity index (χ3n) is 2.61. The van der Waals surface area contributed by atoms with Crippen LogP contribution in [0, 0.1) is 0 Å². The van der Waals surface area contributed by atoms with Crippen LogP contribution in [0.3, 0.4) is 0 Å². The van der Waals surface area contributed by atoms with Crippen LogP contribution in [0.25, 0.3) is 0 Å². The largest absolute Gasteiger partial charge is 0.367 e. The number of aromatic nitrogens is 4. The molecular formula is C11H12N6O. The molecule has 0 radical (unpaired) electrons. The van der Waals surface area contributed by atoms with Crippen LogP contribution in [-0.2, 0) is 0 Å². The molecule has 1 aliphatic rings. The number of hydrogen-bond acceptors (Lipinski definition) is 5. The fraction of sp³-hybridized carbons (Fsp3) is 0.273. The number of H-pyrrole nitrogens is 1. The first-order valence-electron chi connectivity index (χ1n) is 5.71. The highest BCUT2D eigenvalue weighted by Gasteiger charge is 2.21. The summed E-state index contributed by atoms with van der Waals surface area (Å²) in [6.07, 6.45) is 5.36. The number of anilines is 2. The van der Waals surface area contributed by atoms with Crippen LogP contribution in [0.2, 0.25) is 0 Å². The molecule has 0 saturated heterocycles. The molecule has 1 saturated carbocycles. The van der Waals surface area contributed by atoms with Gasteiger partial charge in [0.1, 0.15) is 5.82 Å². The highest BCUT2D eigenvalue weighted by atomic mass is 16.1. The van der Waals surface area contributed by atoms with Crippen LogP contribution in [0.5, 0.6) is 0 Å². The lowest BCUT2D eigenvalue weighted by Crippen LogP contribution is -2.13. The number of pyridine rings is 1. The molecule has 3 rings (SSSR count). The maximum atomic E-state index is 11.8. The molecule has 7 heteroatoms. The van der Waals surface area contributed by atoms with Crippen molar-refractivity contribution in [1.29, 1.82) is 0 Å². The molecule has 2 aromatic rings. The summed E-state index contributed by atoms with van der Waals surface area (Å²) in [6.45, 7) is 0. The predicted molar refractivity (Wildman–Crippen MR) is 65.2 cm³/mol. The summed E-state index contributed by atoms with van der Waals surface area (Å²) in [5.74, 6) is 0.935. The second-order valence-electron chi connectivity index (χ2n) is 4.16. The van der Waals surface area contributed by atoms with Crippen molar-refractivity contribution >= 4 is 17.5 Å². The Balaban J connectivity index is 1.65. The van der Waals surface area contributed by atoms with Gasteiger partial charge in [0.15, 0.2) is 5.82 Å². The quantitative estimate of drug-likeness (QED) is 0.746. The Bertz CT molecular complexity index is 531. The first-order chi connectivity index (χ1) is 8.81. The number of nitrogens with one attached hydrogen (secondary N) is 3. The average molecular weight is 244 g/mol. The van der Waals surface area contributed by atoms with Gasteiger partial charge in [-0.05, 0) is 25.0 Å². The Labute approximate surface area is 103 Å². The van der Waals surface area contributed by atoms with E-state index >= 15 is 0 Å². The minimum atomic E-state index is -0.255. The molecule has 0 spiro atoms. The molecule has 3 N–H and O–H groups in total. The molecule has 0 unspecified atom stereocenters. The maximum absolute atomic E-state index is 11.8. The molecule has 2 heterocycles. The Hall–Kier alpha value is -2.44. The van der Waals surface area contributed by atoms with Gasteiger partial charge in [0.05, 0.1) is 11.8 Å². The number of carbonyl (C=O) groups is 1. The zero-order chi connectivity index (χ0) is 12.4. The van der Waals surface area contributed by atoms with Crippen molar-refractivity contribution in [2.75, 3.05) is 10.6 Å². The zero-order valence-corrected chi connectivity index (χ0v) is 9.55. The lowest BCUT2D eigenvalue weighted by molar-refractivity contribution is 0.102. The Kier molecular flexibility index (Phi) is 2.64. The first-order valence-corrected chi connectivity index (χ1v) is 5.71. The highest BCUT2D eigenvalue weighted by Crippen LogP contribution is 2.23. The van der Waals surface area contributed by atoms with E-state index in [0.29, 0.717) is 17.4 Å². The van der Waals surface area contributed by atoms with Crippen molar-refractivity contribution in [3.63, 3.8) is 0 Å². The third kappa shape index (κ3) is 2.45. The van der Waals surface area contributed by atoms with Crippen molar-refractivity contribution < 1.29 is 4.79 Å². The molecule has 0 bridgehead atoms. The molecular weight excluding hydrogens is 232 g/mol. The van der Waals surface area contributed by atoms with Crippen LogP contribution >= 0.6 is 0 Å². The summed E-state index contributed by atoms with van der Waals surface area (Å²) >= 11 is 0. The minimum absolute atomic E-state index is 0.255. The summed E-state index contributed by atoms with van der Waals surface area (Å²) in [5, 5.41) is 15.6. The lowest BCUT2D eigenvalue weighted by Gasteiger charge is -2.04. The van der Waals surface area contributed by atoms with Gasteiger partial charge in [0, 0.05) is 12.2 Å². The summed E-state index contributed by atoms with van der Waals surface area (Å²) < 4.78 is 0. The average Bonchev–Trinajstić information content (AvgIpc) is 3.04. The fourth-order valence-corrected chi connectivity index (χ4v) is 1.50. The van der Waals surface area contributed by atoms with Gasteiger partial charge in [-0.15, -0.1) is 5.10 Å². The Morgan fingerprint density at radius 2 is 2.17 bits per heavy atom. The Morgan fingerprint density at radius 3 is 2.78 bits per heavy atom. The number of carbonyl (C=O) groups excluding carboxylic acids is 1. The number of amides is 1. The Morgan fingerprint density at radius 1 is 1.28 bits per heavy atom. The van der Waals surface area contributed by atoms with Gasteiger partial charge in [-0.25, -0.2) is 4.98 Å². The molecule has 0 atom stereocenters. The topological polar surface area (TPSA) is 95.6 Å². The smallest absolute Gasteiger partial charge is 0.258 e. The first kappa shape index (κ1) is 10.7. The van der Waals surface area contributed by atoms with Gasteiger partial charge in [-0.3, -0.25) is 4.79 Å². The van der Waals surface area contributed by atoms with E-state index in [1.54, 1.807) is 18.3 Å². The van der Waals surface area contributed by atoms with Crippen molar-refractivity contribution in [1.82, 2.24) is 20.4 Å². The standard InChI is InChI=1S/C11H12N6O/c18-11(15-10-6-13-17-16-10)7-1-4-9(12-5-7)14-8-2-3-8/h1,4-6,8H,2-3H2,(H,12,14)(H2,13,15,16,17,18). The van der Waals surface area contributed by atoms with E-state index < -0.39 is 0 Å². The van der Waals surface area contributed by atoms with Gasteiger partial charge in [-0.1, -0.05) is 0 Å². The summed E-state index contributed by atoms with van der Waals surface area (Å²) in [6, 6.07) is 4.08. The molecule has 1 amide bonds.